The van der Waals surface area contributed by atoms with E-state index >= 15 is 0 Å². The van der Waals surface area contributed by atoms with Gasteiger partial charge in [-0.15, -0.1) is 0 Å². The zero-order valence-electron chi connectivity index (χ0n) is 9.53. The molecule has 0 aromatic carbocycles. The largest absolute Gasteiger partial charge is 0.391 e. The summed E-state index contributed by atoms with van der Waals surface area (Å²) in [7, 11) is 0. The van der Waals surface area contributed by atoms with Crippen molar-refractivity contribution in [2.75, 3.05) is 0 Å². The molecule has 0 aromatic rings. The molecule has 2 N–H and O–H groups in total. The Morgan fingerprint density at radius 3 is 2.12 bits per heavy atom. The van der Waals surface area contributed by atoms with E-state index in [2.05, 4.69) is 0 Å². The van der Waals surface area contributed by atoms with Gasteiger partial charge in [0.2, 0.25) is 11.8 Å². The van der Waals surface area contributed by atoms with Crippen molar-refractivity contribution in [2.24, 2.45) is 17.6 Å². The summed E-state index contributed by atoms with van der Waals surface area (Å²) in [5, 5.41) is 0. The SMILES string of the molecule is CCC(CC)(C(N)=S)N1C(=O)C2CC2C1=O. The molecule has 88 valence electrons. The monoisotopic (exact) mass is 240 g/mol. The summed E-state index contributed by atoms with van der Waals surface area (Å²) < 4.78 is 0. The maximum Gasteiger partial charge on any atom is 0.234 e. The van der Waals surface area contributed by atoms with Gasteiger partial charge >= 0.3 is 0 Å². The Hall–Kier alpha value is -0.970. The summed E-state index contributed by atoms with van der Waals surface area (Å²) in [6.07, 6.45) is 1.90. The summed E-state index contributed by atoms with van der Waals surface area (Å²) in [5.74, 6) is -0.323. The molecule has 0 radical (unpaired) electrons. The molecule has 2 fully saturated rings. The molecule has 4 nitrogen and oxygen atoms in total. The molecule has 1 heterocycles. The van der Waals surface area contributed by atoms with Gasteiger partial charge in [-0.2, -0.15) is 0 Å². The summed E-state index contributed by atoms with van der Waals surface area (Å²) in [5.41, 5.74) is 5.00. The lowest BCUT2D eigenvalue weighted by Gasteiger charge is -2.39. The van der Waals surface area contributed by atoms with Gasteiger partial charge in [-0.05, 0) is 19.3 Å². The van der Waals surface area contributed by atoms with Gasteiger partial charge in [-0.3, -0.25) is 14.5 Å². The molecule has 2 aliphatic rings. The van der Waals surface area contributed by atoms with Gasteiger partial charge in [0, 0.05) is 0 Å². The van der Waals surface area contributed by atoms with Crippen LogP contribution < -0.4 is 5.73 Å². The van der Waals surface area contributed by atoms with Gasteiger partial charge in [0.1, 0.15) is 0 Å². The van der Waals surface area contributed by atoms with E-state index in [4.69, 9.17) is 18.0 Å². The first-order valence-corrected chi connectivity index (χ1v) is 6.08. The number of hydrogen-bond donors (Lipinski definition) is 1. The van der Waals surface area contributed by atoms with Crippen molar-refractivity contribution < 1.29 is 9.59 Å². The Labute approximate surface area is 100 Å². The van der Waals surface area contributed by atoms with Crippen LogP contribution in [0.5, 0.6) is 0 Å². The average molecular weight is 240 g/mol. The fourth-order valence-corrected chi connectivity index (χ4v) is 3.01. The molecule has 0 bridgehead atoms. The Balaban J connectivity index is 2.38. The average Bonchev–Trinajstić information content (AvgIpc) is 2.99. The van der Waals surface area contributed by atoms with Gasteiger partial charge < -0.3 is 5.73 Å². The zero-order chi connectivity index (χ0) is 12.1. The smallest absolute Gasteiger partial charge is 0.234 e. The topological polar surface area (TPSA) is 63.4 Å². The second-order valence-electron chi connectivity index (χ2n) is 4.56. The van der Waals surface area contributed by atoms with Crippen LogP contribution in [0.4, 0.5) is 0 Å². The first-order valence-electron chi connectivity index (χ1n) is 5.67. The predicted octanol–water partition coefficient (Wildman–Crippen LogP) is 0.836. The fraction of sp³-hybridized carbons (Fsp3) is 0.727. The normalized spacial score (nSPS) is 28.2. The molecular formula is C11H16N2O2S. The van der Waals surface area contributed by atoms with Crippen LogP contribution in [0.1, 0.15) is 33.1 Å². The van der Waals surface area contributed by atoms with Gasteiger partial charge in [-0.1, -0.05) is 26.1 Å². The van der Waals surface area contributed by atoms with Gasteiger partial charge in [0.05, 0.1) is 22.4 Å². The quantitative estimate of drug-likeness (QED) is 0.584. The highest BCUT2D eigenvalue weighted by molar-refractivity contribution is 7.80. The van der Waals surface area contributed by atoms with Crippen molar-refractivity contribution in [2.45, 2.75) is 38.6 Å². The maximum atomic E-state index is 12.0. The number of carbonyl (C=O) groups excluding carboxylic acids is 2. The third-order valence-corrected chi connectivity index (χ3v) is 4.30. The Morgan fingerprint density at radius 2 is 1.81 bits per heavy atom. The van der Waals surface area contributed by atoms with E-state index in [0.29, 0.717) is 12.8 Å². The lowest BCUT2D eigenvalue weighted by Crippen LogP contribution is -2.59. The van der Waals surface area contributed by atoms with Crippen LogP contribution in [0.25, 0.3) is 0 Å². The minimum absolute atomic E-state index is 0.0773. The van der Waals surface area contributed by atoms with E-state index in [1.54, 1.807) is 0 Å². The number of fused-ring (bicyclic) bond motifs is 1. The molecular weight excluding hydrogens is 224 g/mol. The van der Waals surface area contributed by atoms with Crippen molar-refractivity contribution in [3.8, 4) is 0 Å². The number of nitrogens with two attached hydrogens (primary N) is 1. The molecule has 16 heavy (non-hydrogen) atoms. The zero-order valence-corrected chi connectivity index (χ0v) is 10.3. The van der Waals surface area contributed by atoms with E-state index < -0.39 is 5.54 Å². The minimum Gasteiger partial charge on any atom is -0.391 e. The van der Waals surface area contributed by atoms with Crippen LogP contribution in [0.15, 0.2) is 0 Å². The first kappa shape index (κ1) is 11.5. The van der Waals surface area contributed by atoms with Crippen LogP contribution >= 0.6 is 12.2 Å². The number of amides is 2. The summed E-state index contributed by atoms with van der Waals surface area (Å²) >= 11 is 5.06. The molecule has 1 aliphatic carbocycles. The molecule has 2 rings (SSSR count). The Morgan fingerprint density at radius 1 is 1.38 bits per heavy atom. The molecule has 5 heteroatoms. The van der Waals surface area contributed by atoms with Crippen molar-refractivity contribution >= 4 is 29.0 Å². The van der Waals surface area contributed by atoms with E-state index in [1.807, 2.05) is 13.8 Å². The third kappa shape index (κ3) is 1.24. The molecule has 1 saturated heterocycles. The van der Waals surface area contributed by atoms with Crippen LogP contribution in [-0.2, 0) is 9.59 Å². The third-order valence-electron chi connectivity index (χ3n) is 3.92. The number of hydrogen-bond acceptors (Lipinski definition) is 3. The molecule has 0 aromatic heterocycles. The summed E-state index contributed by atoms with van der Waals surface area (Å²) in [6.45, 7) is 3.82. The lowest BCUT2D eigenvalue weighted by atomic mass is 9.90. The molecule has 2 atom stereocenters. The predicted molar refractivity (Wildman–Crippen MR) is 63.5 cm³/mol. The molecule has 2 unspecified atom stereocenters. The molecule has 2 amide bonds. The summed E-state index contributed by atoms with van der Waals surface area (Å²) in [6, 6.07) is 0. The highest BCUT2D eigenvalue weighted by Crippen LogP contribution is 2.50. The standard InChI is InChI=1S/C11H16N2O2S/c1-3-11(4-2,10(12)16)13-8(14)6-5-7(6)9(13)15/h6-7H,3-5H2,1-2H3,(H2,12,16). The van der Waals surface area contributed by atoms with Crippen molar-refractivity contribution in [1.82, 2.24) is 4.90 Å². The maximum absolute atomic E-state index is 12.0. The highest BCUT2D eigenvalue weighted by Gasteiger charge is 2.63. The number of imide groups is 1. The fourth-order valence-electron chi connectivity index (χ4n) is 2.63. The molecule has 1 saturated carbocycles. The number of carbonyl (C=O) groups is 2. The molecule has 1 aliphatic heterocycles. The van der Waals surface area contributed by atoms with E-state index in [9.17, 15) is 9.59 Å². The Kier molecular flexibility index (Phi) is 2.53. The lowest BCUT2D eigenvalue weighted by molar-refractivity contribution is -0.146. The van der Waals surface area contributed by atoms with Crippen LogP contribution in [-0.4, -0.2) is 27.2 Å². The number of thiocarbonyl (C=S) groups is 1. The van der Waals surface area contributed by atoms with Crippen LogP contribution in [0.3, 0.4) is 0 Å². The van der Waals surface area contributed by atoms with Crippen LogP contribution in [0.2, 0.25) is 0 Å². The molecule has 0 spiro atoms. The highest BCUT2D eigenvalue weighted by atomic mass is 32.1. The second-order valence-corrected chi connectivity index (χ2v) is 5.00. The van der Waals surface area contributed by atoms with Gasteiger partial charge in [0.15, 0.2) is 0 Å². The van der Waals surface area contributed by atoms with Crippen molar-refractivity contribution in [3.63, 3.8) is 0 Å². The Bertz CT molecular complexity index is 356. The number of nitrogens with zero attached hydrogens (tertiary/aromatic N) is 1. The van der Waals surface area contributed by atoms with E-state index in [1.165, 1.54) is 4.90 Å². The van der Waals surface area contributed by atoms with Gasteiger partial charge in [0.25, 0.3) is 0 Å². The number of likely N-dealkylation sites (tertiary alicyclic amines) is 1. The number of piperidine rings is 1. The van der Waals surface area contributed by atoms with Crippen molar-refractivity contribution in [1.29, 1.82) is 0 Å². The minimum atomic E-state index is -0.739. The van der Waals surface area contributed by atoms with E-state index in [-0.39, 0.29) is 28.6 Å². The first-order chi connectivity index (χ1) is 7.49. The second kappa shape index (κ2) is 3.52. The van der Waals surface area contributed by atoms with Crippen molar-refractivity contribution in [3.05, 3.63) is 0 Å². The van der Waals surface area contributed by atoms with E-state index in [0.717, 1.165) is 6.42 Å². The number of rotatable bonds is 4. The summed E-state index contributed by atoms with van der Waals surface area (Å²) in [4.78, 5) is 25.6. The van der Waals surface area contributed by atoms with Gasteiger partial charge in [-0.25, -0.2) is 0 Å². The van der Waals surface area contributed by atoms with Crippen LogP contribution in [0, 0.1) is 11.8 Å².